The van der Waals surface area contributed by atoms with E-state index >= 15 is 0 Å². The molecule has 3 N–H and O–H groups in total. The van der Waals surface area contributed by atoms with Crippen molar-refractivity contribution in [3.8, 4) is 0 Å². The molecule has 2 amide bonds. The van der Waals surface area contributed by atoms with Gasteiger partial charge in [-0.05, 0) is 32.0 Å². The Morgan fingerprint density at radius 1 is 1.50 bits per heavy atom. The summed E-state index contributed by atoms with van der Waals surface area (Å²) in [5, 5.41) is 2.90. The number of benzene rings is 1. The Hall–Kier alpha value is -1.11. The summed E-state index contributed by atoms with van der Waals surface area (Å²) >= 11 is 3.39. The summed E-state index contributed by atoms with van der Waals surface area (Å²) in [5.41, 5.74) is 5.97. The molecule has 1 unspecified atom stereocenters. The highest BCUT2D eigenvalue weighted by Gasteiger charge is 2.36. The molecule has 5 nitrogen and oxygen atoms in total. The lowest BCUT2D eigenvalue weighted by Gasteiger charge is -2.26. The maximum atomic E-state index is 12.3. The summed E-state index contributed by atoms with van der Waals surface area (Å²) in [6.45, 7) is 4.50. The number of hydrogen-bond donors (Lipinski definition) is 2. The SMILES string of the molecule is CC(C)(CN)NC(=O)C1CC(=O)N(c2cccc(Br)c2)C1.Cl. The van der Waals surface area contributed by atoms with Crippen molar-refractivity contribution >= 4 is 45.8 Å². The zero-order chi connectivity index (χ0) is 15.6. The number of carbonyl (C=O) groups excluding carboxylic acids is 2. The second-order valence-electron chi connectivity index (χ2n) is 5.96. The van der Waals surface area contributed by atoms with E-state index in [0.29, 0.717) is 13.1 Å². The van der Waals surface area contributed by atoms with Crippen LogP contribution in [-0.2, 0) is 9.59 Å². The molecular weight excluding hydrogens is 370 g/mol. The smallest absolute Gasteiger partial charge is 0.227 e. The third-order valence-corrected chi connectivity index (χ3v) is 4.08. The monoisotopic (exact) mass is 389 g/mol. The fourth-order valence-electron chi connectivity index (χ4n) is 2.26. The number of nitrogens with one attached hydrogen (secondary N) is 1. The van der Waals surface area contributed by atoms with Crippen molar-refractivity contribution in [2.45, 2.75) is 25.8 Å². The Morgan fingerprint density at radius 3 is 2.77 bits per heavy atom. The number of nitrogens with zero attached hydrogens (tertiary/aromatic N) is 1. The van der Waals surface area contributed by atoms with E-state index in [1.807, 2.05) is 38.1 Å². The van der Waals surface area contributed by atoms with Crippen LogP contribution in [0.4, 0.5) is 5.69 Å². The molecule has 0 saturated carbocycles. The van der Waals surface area contributed by atoms with Crippen molar-refractivity contribution in [3.63, 3.8) is 0 Å². The number of anilines is 1. The molecule has 1 atom stereocenters. The van der Waals surface area contributed by atoms with Crippen molar-refractivity contribution in [1.82, 2.24) is 5.32 Å². The van der Waals surface area contributed by atoms with Gasteiger partial charge in [0.2, 0.25) is 11.8 Å². The molecule has 0 aromatic heterocycles. The molecular formula is C15H21BrClN3O2. The lowest BCUT2D eigenvalue weighted by atomic mass is 10.0. The van der Waals surface area contributed by atoms with Gasteiger partial charge in [0.1, 0.15) is 0 Å². The number of halogens is 2. The zero-order valence-electron chi connectivity index (χ0n) is 12.6. The second-order valence-corrected chi connectivity index (χ2v) is 6.88. The maximum Gasteiger partial charge on any atom is 0.227 e. The Balaban J connectivity index is 0.00000242. The fraction of sp³-hybridized carbons (Fsp3) is 0.467. The molecule has 0 aliphatic carbocycles. The second kappa shape index (κ2) is 7.44. The van der Waals surface area contributed by atoms with Crippen LogP contribution in [0.25, 0.3) is 0 Å². The van der Waals surface area contributed by atoms with Crippen LogP contribution in [0.5, 0.6) is 0 Å². The average Bonchev–Trinajstić information content (AvgIpc) is 2.80. The maximum absolute atomic E-state index is 12.3. The highest BCUT2D eigenvalue weighted by Crippen LogP contribution is 2.27. The van der Waals surface area contributed by atoms with Crippen LogP contribution in [0.15, 0.2) is 28.7 Å². The minimum absolute atomic E-state index is 0. The first kappa shape index (κ1) is 18.9. The molecule has 122 valence electrons. The van der Waals surface area contributed by atoms with Gasteiger partial charge in [0.15, 0.2) is 0 Å². The summed E-state index contributed by atoms with van der Waals surface area (Å²) in [5.74, 6) is -0.475. The summed E-state index contributed by atoms with van der Waals surface area (Å²) in [7, 11) is 0. The van der Waals surface area contributed by atoms with Crippen LogP contribution in [-0.4, -0.2) is 30.4 Å². The molecule has 1 aromatic rings. The Bertz CT molecular complexity index is 565. The lowest BCUT2D eigenvalue weighted by molar-refractivity contribution is -0.127. The molecule has 0 spiro atoms. The van der Waals surface area contributed by atoms with Crippen LogP contribution in [0.1, 0.15) is 20.3 Å². The van der Waals surface area contributed by atoms with Gasteiger partial charge in [-0.15, -0.1) is 12.4 Å². The number of carbonyl (C=O) groups is 2. The first-order valence-corrected chi connectivity index (χ1v) is 7.70. The van der Waals surface area contributed by atoms with Crippen LogP contribution >= 0.6 is 28.3 Å². The van der Waals surface area contributed by atoms with E-state index in [-0.39, 0.29) is 36.6 Å². The highest BCUT2D eigenvalue weighted by molar-refractivity contribution is 9.10. The number of nitrogens with two attached hydrogens (primary N) is 1. The molecule has 2 rings (SSSR count). The number of amides is 2. The number of rotatable bonds is 4. The predicted molar refractivity (Wildman–Crippen MR) is 93.1 cm³/mol. The minimum atomic E-state index is -0.455. The van der Waals surface area contributed by atoms with E-state index in [1.165, 1.54) is 0 Å². The molecule has 1 fully saturated rings. The normalized spacial score (nSPS) is 18.1. The predicted octanol–water partition coefficient (Wildman–Crippen LogP) is 2.08. The molecule has 1 heterocycles. The average molecular weight is 391 g/mol. The first-order valence-electron chi connectivity index (χ1n) is 6.90. The largest absolute Gasteiger partial charge is 0.350 e. The quantitative estimate of drug-likeness (QED) is 0.826. The van der Waals surface area contributed by atoms with Gasteiger partial charge in [-0.1, -0.05) is 22.0 Å². The molecule has 1 saturated heterocycles. The van der Waals surface area contributed by atoms with E-state index in [0.717, 1.165) is 10.2 Å². The standard InChI is InChI=1S/C15H20BrN3O2.ClH/c1-15(2,9-17)18-14(21)10-6-13(20)19(8-10)12-5-3-4-11(16)7-12;/h3-5,7,10H,6,8-9,17H2,1-2H3,(H,18,21);1H. The van der Waals surface area contributed by atoms with Crippen molar-refractivity contribution in [1.29, 1.82) is 0 Å². The summed E-state index contributed by atoms with van der Waals surface area (Å²) in [6, 6.07) is 7.52. The molecule has 7 heteroatoms. The van der Waals surface area contributed by atoms with Gasteiger partial charge >= 0.3 is 0 Å². The van der Waals surface area contributed by atoms with Crippen molar-refractivity contribution in [2.24, 2.45) is 11.7 Å². The first-order chi connectivity index (χ1) is 9.82. The topological polar surface area (TPSA) is 75.4 Å². The Kier molecular flexibility index (Phi) is 6.40. The number of hydrogen-bond acceptors (Lipinski definition) is 3. The molecule has 1 aliphatic rings. The van der Waals surface area contributed by atoms with Crippen LogP contribution in [0, 0.1) is 5.92 Å². The van der Waals surface area contributed by atoms with Gasteiger partial charge in [0, 0.05) is 35.2 Å². The summed E-state index contributed by atoms with van der Waals surface area (Å²) in [4.78, 5) is 26.1. The lowest BCUT2D eigenvalue weighted by Crippen LogP contribution is -2.51. The van der Waals surface area contributed by atoms with Gasteiger partial charge in [0.05, 0.1) is 5.92 Å². The van der Waals surface area contributed by atoms with Gasteiger partial charge in [-0.2, -0.15) is 0 Å². The van der Waals surface area contributed by atoms with Crippen LogP contribution in [0.2, 0.25) is 0 Å². The fourth-order valence-corrected chi connectivity index (χ4v) is 2.65. The Morgan fingerprint density at radius 2 is 2.18 bits per heavy atom. The third-order valence-electron chi connectivity index (χ3n) is 3.59. The van der Waals surface area contributed by atoms with Crippen molar-refractivity contribution in [2.75, 3.05) is 18.0 Å². The molecule has 1 aliphatic heterocycles. The van der Waals surface area contributed by atoms with Crippen molar-refractivity contribution < 1.29 is 9.59 Å². The summed E-state index contributed by atoms with van der Waals surface area (Å²) < 4.78 is 0.907. The molecule has 1 aromatic carbocycles. The molecule has 0 bridgehead atoms. The van der Waals surface area contributed by atoms with E-state index < -0.39 is 5.54 Å². The third kappa shape index (κ3) is 4.44. The highest BCUT2D eigenvalue weighted by atomic mass is 79.9. The van der Waals surface area contributed by atoms with E-state index in [1.54, 1.807) is 4.90 Å². The van der Waals surface area contributed by atoms with Gasteiger partial charge in [0.25, 0.3) is 0 Å². The van der Waals surface area contributed by atoms with Crippen LogP contribution < -0.4 is 16.0 Å². The summed E-state index contributed by atoms with van der Waals surface area (Å²) in [6.07, 6.45) is 0.235. The van der Waals surface area contributed by atoms with Gasteiger partial charge in [-0.3, -0.25) is 9.59 Å². The molecule has 22 heavy (non-hydrogen) atoms. The van der Waals surface area contributed by atoms with E-state index in [2.05, 4.69) is 21.2 Å². The van der Waals surface area contributed by atoms with E-state index in [9.17, 15) is 9.59 Å². The molecule has 0 radical (unpaired) electrons. The zero-order valence-corrected chi connectivity index (χ0v) is 15.0. The minimum Gasteiger partial charge on any atom is -0.350 e. The van der Waals surface area contributed by atoms with Crippen molar-refractivity contribution in [3.05, 3.63) is 28.7 Å². The van der Waals surface area contributed by atoms with E-state index in [4.69, 9.17) is 5.73 Å². The van der Waals surface area contributed by atoms with Crippen LogP contribution in [0.3, 0.4) is 0 Å². The van der Waals surface area contributed by atoms with Gasteiger partial charge < -0.3 is 16.0 Å². The Labute approximate surface area is 145 Å². The van der Waals surface area contributed by atoms with Gasteiger partial charge in [-0.25, -0.2) is 0 Å².